The summed E-state index contributed by atoms with van der Waals surface area (Å²) < 4.78 is 8.96. The van der Waals surface area contributed by atoms with E-state index in [0.29, 0.717) is 0 Å². The molecule has 0 heterocycles. The molecule has 0 fully saturated rings. The fourth-order valence-corrected chi connectivity index (χ4v) is 0.510. The molecule has 0 aliphatic heterocycles. The van der Waals surface area contributed by atoms with E-state index < -0.39 is 6.16 Å². The molecule has 3 nitrogen and oxygen atoms in total. The van der Waals surface area contributed by atoms with Crippen LogP contribution in [0.15, 0.2) is 12.2 Å². The minimum absolute atomic E-state index is 0.211. The quantitative estimate of drug-likeness (QED) is 0.437. The van der Waals surface area contributed by atoms with E-state index >= 15 is 0 Å². The molecule has 0 radical (unpaired) electrons. The number of hydrogen-bond acceptors (Lipinski definition) is 3. The van der Waals surface area contributed by atoms with Gasteiger partial charge in [0.25, 0.3) is 0 Å². The van der Waals surface area contributed by atoms with Gasteiger partial charge >= 0.3 is 6.16 Å². The average Bonchev–Trinajstić information content (AvgIpc) is 1.88. The molecule has 0 aromatic carbocycles. The Labute approximate surface area is 60.6 Å². The van der Waals surface area contributed by atoms with Crippen LogP contribution >= 0.6 is 0 Å². The van der Waals surface area contributed by atoms with Crippen LogP contribution in [0.5, 0.6) is 0 Å². The lowest BCUT2D eigenvalue weighted by atomic mass is 10.4. The van der Waals surface area contributed by atoms with Crippen LogP contribution in [-0.2, 0) is 9.47 Å². The summed E-state index contributed by atoms with van der Waals surface area (Å²) in [6.45, 7) is 3.62. The van der Waals surface area contributed by atoms with Crippen LogP contribution in [0.3, 0.4) is 0 Å². The highest BCUT2D eigenvalue weighted by molar-refractivity contribution is 5.59. The number of carbonyl (C=O) groups is 1. The lowest BCUT2D eigenvalue weighted by Crippen LogP contribution is -2.11. The smallest absolute Gasteiger partial charge is 0.438 e. The highest BCUT2D eigenvalue weighted by atomic mass is 16.7. The van der Waals surface area contributed by atoms with Gasteiger partial charge in [-0.25, -0.2) is 4.79 Å². The molecule has 0 amide bonds. The second-order valence-electron chi connectivity index (χ2n) is 1.80. The normalized spacial score (nSPS) is 13.1. The van der Waals surface area contributed by atoms with E-state index in [1.807, 2.05) is 13.0 Å². The third-order valence-electron chi connectivity index (χ3n) is 0.912. The largest absolute Gasteiger partial charge is 0.508 e. The Morgan fingerprint density at radius 1 is 1.60 bits per heavy atom. The van der Waals surface area contributed by atoms with Crippen LogP contribution in [0.2, 0.25) is 0 Å². The van der Waals surface area contributed by atoms with Crippen molar-refractivity contribution in [1.82, 2.24) is 0 Å². The summed E-state index contributed by atoms with van der Waals surface area (Å²) in [5.74, 6) is 0. The molecule has 0 rings (SSSR count). The SMILES string of the molecule is C/C=C/[C@H](C)OC(=O)OC. The maximum absolute atomic E-state index is 10.4. The fraction of sp³-hybridized carbons (Fsp3) is 0.571. The third-order valence-corrected chi connectivity index (χ3v) is 0.912. The molecule has 3 heteroatoms. The molecular formula is C7H12O3. The van der Waals surface area contributed by atoms with Gasteiger partial charge in [0.15, 0.2) is 0 Å². The maximum Gasteiger partial charge on any atom is 0.508 e. The first-order valence-electron chi connectivity index (χ1n) is 3.08. The van der Waals surface area contributed by atoms with E-state index in [1.54, 1.807) is 13.0 Å². The molecule has 0 saturated carbocycles. The topological polar surface area (TPSA) is 35.5 Å². The van der Waals surface area contributed by atoms with Gasteiger partial charge in [-0.3, -0.25) is 0 Å². The second-order valence-corrected chi connectivity index (χ2v) is 1.80. The molecule has 0 saturated heterocycles. The lowest BCUT2D eigenvalue weighted by molar-refractivity contribution is 0.0578. The number of allylic oxidation sites excluding steroid dienone is 1. The summed E-state index contributed by atoms with van der Waals surface area (Å²) in [5.41, 5.74) is 0. The maximum atomic E-state index is 10.4. The summed E-state index contributed by atoms with van der Waals surface area (Å²) in [6.07, 6.45) is 2.72. The molecule has 0 N–H and O–H groups in total. The van der Waals surface area contributed by atoms with Crippen molar-refractivity contribution >= 4 is 6.16 Å². The Morgan fingerprint density at radius 3 is 2.60 bits per heavy atom. The summed E-state index contributed by atoms with van der Waals surface area (Å²) in [4.78, 5) is 10.4. The van der Waals surface area contributed by atoms with E-state index in [2.05, 4.69) is 4.74 Å². The van der Waals surface area contributed by atoms with Crippen molar-refractivity contribution in [2.75, 3.05) is 7.11 Å². The minimum atomic E-state index is -0.648. The summed E-state index contributed by atoms with van der Waals surface area (Å²) in [5, 5.41) is 0. The van der Waals surface area contributed by atoms with Gasteiger partial charge in [0.1, 0.15) is 6.10 Å². The van der Waals surface area contributed by atoms with Gasteiger partial charge in [-0.2, -0.15) is 0 Å². The second kappa shape index (κ2) is 4.85. The Bertz CT molecular complexity index is 129. The first-order valence-corrected chi connectivity index (χ1v) is 3.08. The van der Waals surface area contributed by atoms with Gasteiger partial charge in [0.2, 0.25) is 0 Å². The van der Waals surface area contributed by atoms with Crippen molar-refractivity contribution in [3.8, 4) is 0 Å². The number of ether oxygens (including phenoxy) is 2. The van der Waals surface area contributed by atoms with Crippen LogP contribution in [0, 0.1) is 0 Å². The summed E-state index contributed by atoms with van der Waals surface area (Å²) in [7, 11) is 1.28. The standard InChI is InChI=1S/C7H12O3/c1-4-5-6(2)10-7(8)9-3/h4-6H,1-3H3/b5-4+/t6-/m0/s1. The van der Waals surface area contributed by atoms with Crippen molar-refractivity contribution < 1.29 is 14.3 Å². The molecule has 10 heavy (non-hydrogen) atoms. The minimum Gasteiger partial charge on any atom is -0.438 e. The number of rotatable bonds is 2. The summed E-state index contributed by atoms with van der Waals surface area (Å²) >= 11 is 0. The number of methoxy groups -OCH3 is 1. The van der Waals surface area contributed by atoms with Crippen molar-refractivity contribution in [3.05, 3.63) is 12.2 Å². The molecule has 0 bridgehead atoms. The van der Waals surface area contributed by atoms with Crippen molar-refractivity contribution in [3.63, 3.8) is 0 Å². The van der Waals surface area contributed by atoms with E-state index in [0.717, 1.165) is 0 Å². The molecule has 58 valence electrons. The van der Waals surface area contributed by atoms with Crippen LogP contribution < -0.4 is 0 Å². The Hall–Kier alpha value is -0.990. The Morgan fingerprint density at radius 2 is 2.20 bits per heavy atom. The Balaban J connectivity index is 3.57. The fourth-order valence-electron chi connectivity index (χ4n) is 0.510. The molecule has 0 aromatic rings. The molecule has 0 aromatic heterocycles. The lowest BCUT2D eigenvalue weighted by Gasteiger charge is -2.05. The van der Waals surface area contributed by atoms with E-state index in [-0.39, 0.29) is 6.10 Å². The molecule has 0 unspecified atom stereocenters. The van der Waals surface area contributed by atoms with Gasteiger partial charge in [-0.05, 0) is 19.9 Å². The van der Waals surface area contributed by atoms with Crippen LogP contribution in [0.1, 0.15) is 13.8 Å². The number of hydrogen-bond donors (Lipinski definition) is 0. The average molecular weight is 144 g/mol. The summed E-state index contributed by atoms with van der Waals surface area (Å²) in [6, 6.07) is 0. The van der Waals surface area contributed by atoms with Crippen molar-refractivity contribution in [1.29, 1.82) is 0 Å². The van der Waals surface area contributed by atoms with Gasteiger partial charge in [-0.15, -0.1) is 0 Å². The molecular weight excluding hydrogens is 132 g/mol. The van der Waals surface area contributed by atoms with Crippen molar-refractivity contribution in [2.45, 2.75) is 20.0 Å². The molecule has 0 spiro atoms. The highest BCUT2D eigenvalue weighted by Crippen LogP contribution is 1.94. The predicted molar refractivity (Wildman–Crippen MR) is 37.8 cm³/mol. The zero-order chi connectivity index (χ0) is 7.98. The van der Waals surface area contributed by atoms with E-state index in [1.165, 1.54) is 7.11 Å². The number of carbonyl (C=O) groups excluding carboxylic acids is 1. The molecule has 0 aliphatic carbocycles. The zero-order valence-electron chi connectivity index (χ0n) is 6.46. The Kier molecular flexibility index (Phi) is 4.37. The predicted octanol–water partition coefficient (Wildman–Crippen LogP) is 1.73. The zero-order valence-corrected chi connectivity index (χ0v) is 6.46. The van der Waals surface area contributed by atoms with Gasteiger partial charge < -0.3 is 9.47 Å². The van der Waals surface area contributed by atoms with E-state index in [9.17, 15) is 4.79 Å². The van der Waals surface area contributed by atoms with Gasteiger partial charge in [0.05, 0.1) is 7.11 Å². The van der Waals surface area contributed by atoms with E-state index in [4.69, 9.17) is 4.74 Å². The van der Waals surface area contributed by atoms with Crippen molar-refractivity contribution in [2.24, 2.45) is 0 Å². The van der Waals surface area contributed by atoms with Crippen LogP contribution in [0.4, 0.5) is 4.79 Å². The van der Waals surface area contributed by atoms with Gasteiger partial charge in [0, 0.05) is 0 Å². The molecule has 1 atom stereocenters. The third kappa shape index (κ3) is 3.95. The van der Waals surface area contributed by atoms with Crippen LogP contribution in [-0.4, -0.2) is 19.4 Å². The highest BCUT2D eigenvalue weighted by Gasteiger charge is 2.03. The first-order chi connectivity index (χ1) is 4.70. The first kappa shape index (κ1) is 9.01. The molecule has 0 aliphatic rings. The monoisotopic (exact) mass is 144 g/mol. The van der Waals surface area contributed by atoms with Crippen LogP contribution in [0.25, 0.3) is 0 Å². The van der Waals surface area contributed by atoms with Gasteiger partial charge in [-0.1, -0.05) is 6.08 Å².